The minimum Gasteiger partial charge on any atom is -0.322 e. The molecule has 0 aliphatic carbocycles. The number of benzene rings is 2. The molecule has 17 heavy (non-hydrogen) atoms. The summed E-state index contributed by atoms with van der Waals surface area (Å²) in [5.41, 5.74) is 2.51. The molecule has 2 aromatic rings. The molecule has 0 unspecified atom stereocenters. The first kappa shape index (κ1) is 11.7. The smallest absolute Gasteiger partial charge is 0.255 e. The maximum atomic E-state index is 11.9. The van der Waals surface area contributed by atoms with Gasteiger partial charge in [-0.3, -0.25) is 4.79 Å². The Bertz CT molecular complexity index is 517. The second-order valence-electron chi connectivity index (χ2n) is 3.83. The summed E-state index contributed by atoms with van der Waals surface area (Å²) < 4.78 is 0. The van der Waals surface area contributed by atoms with E-state index in [-0.39, 0.29) is 5.91 Å². The monoisotopic (exact) mass is 245 g/mol. The van der Waals surface area contributed by atoms with Gasteiger partial charge < -0.3 is 5.32 Å². The van der Waals surface area contributed by atoms with Crippen LogP contribution in [0.15, 0.2) is 48.5 Å². The van der Waals surface area contributed by atoms with Crippen LogP contribution in [0.1, 0.15) is 15.9 Å². The lowest BCUT2D eigenvalue weighted by Crippen LogP contribution is -2.11. The zero-order valence-corrected chi connectivity index (χ0v) is 10.2. The summed E-state index contributed by atoms with van der Waals surface area (Å²) in [6.07, 6.45) is 0. The van der Waals surface area contributed by atoms with Gasteiger partial charge in [-0.1, -0.05) is 29.3 Å². The van der Waals surface area contributed by atoms with Crippen LogP contribution < -0.4 is 5.32 Å². The number of halogens is 1. The summed E-state index contributed by atoms with van der Waals surface area (Å²) in [5, 5.41) is 3.46. The van der Waals surface area contributed by atoms with Crippen LogP contribution in [0.4, 0.5) is 5.69 Å². The minimum atomic E-state index is -0.118. The molecule has 0 radical (unpaired) electrons. The average molecular weight is 246 g/mol. The van der Waals surface area contributed by atoms with Crippen molar-refractivity contribution in [3.05, 3.63) is 64.7 Å². The molecule has 0 bridgehead atoms. The van der Waals surface area contributed by atoms with Crippen molar-refractivity contribution < 1.29 is 4.79 Å². The van der Waals surface area contributed by atoms with Crippen LogP contribution in [-0.4, -0.2) is 5.91 Å². The number of aryl methyl sites for hydroxylation is 1. The van der Waals surface area contributed by atoms with Crippen LogP contribution in [0.2, 0.25) is 5.02 Å². The Balaban J connectivity index is 2.11. The van der Waals surface area contributed by atoms with E-state index in [4.69, 9.17) is 11.6 Å². The Hall–Kier alpha value is -1.80. The van der Waals surface area contributed by atoms with E-state index in [0.717, 1.165) is 11.3 Å². The fourth-order valence-corrected chi connectivity index (χ4v) is 1.57. The van der Waals surface area contributed by atoms with Gasteiger partial charge in [-0.2, -0.15) is 0 Å². The molecule has 0 fully saturated rings. The van der Waals surface area contributed by atoms with Crippen LogP contribution >= 0.6 is 11.6 Å². The maximum absolute atomic E-state index is 11.9. The summed E-state index contributed by atoms with van der Waals surface area (Å²) in [6, 6.07) is 14.5. The van der Waals surface area contributed by atoms with E-state index >= 15 is 0 Å². The molecule has 0 saturated carbocycles. The van der Waals surface area contributed by atoms with Crippen LogP contribution in [0.3, 0.4) is 0 Å². The van der Waals surface area contributed by atoms with E-state index in [0.29, 0.717) is 10.6 Å². The molecule has 0 aromatic heterocycles. The number of rotatable bonds is 2. The molecule has 2 nitrogen and oxygen atoms in total. The summed E-state index contributed by atoms with van der Waals surface area (Å²) >= 11 is 5.77. The molecule has 0 aliphatic heterocycles. The van der Waals surface area contributed by atoms with Gasteiger partial charge in [0.05, 0.1) is 0 Å². The molecule has 0 heterocycles. The van der Waals surface area contributed by atoms with E-state index in [1.165, 1.54) is 0 Å². The predicted octanol–water partition coefficient (Wildman–Crippen LogP) is 3.90. The summed E-state index contributed by atoms with van der Waals surface area (Å²) in [5.74, 6) is -0.118. The molecule has 2 aromatic carbocycles. The Morgan fingerprint density at radius 1 is 1.00 bits per heavy atom. The molecule has 0 atom stereocenters. The second-order valence-corrected chi connectivity index (χ2v) is 4.26. The predicted molar refractivity (Wildman–Crippen MR) is 70.6 cm³/mol. The number of nitrogens with one attached hydrogen (secondary N) is 1. The Kier molecular flexibility index (Phi) is 3.45. The first-order chi connectivity index (χ1) is 8.15. The zero-order chi connectivity index (χ0) is 12.3. The quantitative estimate of drug-likeness (QED) is 0.854. The Labute approximate surface area is 105 Å². The molecule has 3 heteroatoms. The highest BCUT2D eigenvalue weighted by Crippen LogP contribution is 2.14. The van der Waals surface area contributed by atoms with E-state index in [1.54, 1.807) is 36.4 Å². The fraction of sp³-hybridized carbons (Fsp3) is 0.0714. The molecular weight excluding hydrogens is 234 g/mol. The highest BCUT2D eigenvalue weighted by molar-refractivity contribution is 6.30. The van der Waals surface area contributed by atoms with Crippen molar-refractivity contribution in [1.29, 1.82) is 0 Å². The van der Waals surface area contributed by atoms with Crippen molar-refractivity contribution in [2.45, 2.75) is 6.92 Å². The van der Waals surface area contributed by atoms with Gasteiger partial charge in [0.1, 0.15) is 0 Å². The molecular formula is C14H12ClNO. The van der Waals surface area contributed by atoms with Crippen molar-refractivity contribution in [2.24, 2.45) is 0 Å². The van der Waals surface area contributed by atoms with Gasteiger partial charge in [-0.15, -0.1) is 0 Å². The van der Waals surface area contributed by atoms with Crippen molar-refractivity contribution >= 4 is 23.2 Å². The highest BCUT2D eigenvalue weighted by Gasteiger charge is 2.04. The molecule has 0 saturated heterocycles. The molecule has 1 amide bonds. The Morgan fingerprint density at radius 2 is 1.59 bits per heavy atom. The fourth-order valence-electron chi connectivity index (χ4n) is 1.44. The van der Waals surface area contributed by atoms with Crippen LogP contribution in [0.5, 0.6) is 0 Å². The van der Waals surface area contributed by atoms with Crippen molar-refractivity contribution in [3.63, 3.8) is 0 Å². The highest BCUT2D eigenvalue weighted by atomic mass is 35.5. The van der Waals surface area contributed by atoms with Crippen LogP contribution in [0, 0.1) is 6.92 Å². The maximum Gasteiger partial charge on any atom is 0.255 e. The van der Waals surface area contributed by atoms with Gasteiger partial charge in [-0.05, 0) is 43.3 Å². The van der Waals surface area contributed by atoms with E-state index in [1.807, 2.05) is 19.1 Å². The summed E-state index contributed by atoms with van der Waals surface area (Å²) in [6.45, 7) is 1.99. The van der Waals surface area contributed by atoms with Crippen molar-refractivity contribution in [3.8, 4) is 0 Å². The molecule has 0 spiro atoms. The SMILES string of the molecule is Cc1ccc(C(=O)Nc2ccc(Cl)cc2)cc1. The topological polar surface area (TPSA) is 29.1 Å². The number of carbonyl (C=O) groups excluding carboxylic acids is 1. The summed E-state index contributed by atoms with van der Waals surface area (Å²) in [7, 11) is 0. The molecule has 1 N–H and O–H groups in total. The van der Waals surface area contributed by atoms with Crippen molar-refractivity contribution in [1.82, 2.24) is 0 Å². The minimum absolute atomic E-state index is 0.118. The zero-order valence-electron chi connectivity index (χ0n) is 9.41. The lowest BCUT2D eigenvalue weighted by atomic mass is 10.1. The van der Waals surface area contributed by atoms with Gasteiger partial charge in [0, 0.05) is 16.3 Å². The molecule has 0 aliphatic rings. The van der Waals surface area contributed by atoms with Gasteiger partial charge in [0.2, 0.25) is 0 Å². The number of anilines is 1. The lowest BCUT2D eigenvalue weighted by Gasteiger charge is -2.05. The Morgan fingerprint density at radius 3 is 2.18 bits per heavy atom. The van der Waals surface area contributed by atoms with Crippen molar-refractivity contribution in [2.75, 3.05) is 5.32 Å². The average Bonchev–Trinajstić information content (AvgIpc) is 2.33. The summed E-state index contributed by atoms with van der Waals surface area (Å²) in [4.78, 5) is 11.9. The van der Waals surface area contributed by atoms with Gasteiger partial charge in [0.25, 0.3) is 5.91 Å². The molecule has 2 rings (SSSR count). The first-order valence-corrected chi connectivity index (χ1v) is 5.66. The number of hydrogen-bond acceptors (Lipinski definition) is 1. The van der Waals surface area contributed by atoms with E-state index < -0.39 is 0 Å². The third-order valence-corrected chi connectivity index (χ3v) is 2.67. The number of amides is 1. The standard InChI is InChI=1S/C14H12ClNO/c1-10-2-4-11(5-3-10)14(17)16-13-8-6-12(15)7-9-13/h2-9H,1H3,(H,16,17). The first-order valence-electron chi connectivity index (χ1n) is 5.29. The number of carbonyl (C=O) groups is 1. The van der Waals surface area contributed by atoms with E-state index in [2.05, 4.69) is 5.32 Å². The normalized spacial score (nSPS) is 10.0. The molecule has 86 valence electrons. The largest absolute Gasteiger partial charge is 0.322 e. The van der Waals surface area contributed by atoms with Gasteiger partial charge in [-0.25, -0.2) is 0 Å². The number of hydrogen-bond donors (Lipinski definition) is 1. The second kappa shape index (κ2) is 5.02. The third kappa shape index (κ3) is 3.08. The third-order valence-electron chi connectivity index (χ3n) is 2.42. The van der Waals surface area contributed by atoms with Gasteiger partial charge >= 0.3 is 0 Å². The van der Waals surface area contributed by atoms with E-state index in [9.17, 15) is 4.79 Å². The lowest BCUT2D eigenvalue weighted by molar-refractivity contribution is 0.102. The van der Waals surface area contributed by atoms with Gasteiger partial charge in [0.15, 0.2) is 0 Å². The van der Waals surface area contributed by atoms with Crippen LogP contribution in [-0.2, 0) is 0 Å². The van der Waals surface area contributed by atoms with Crippen LogP contribution in [0.25, 0.3) is 0 Å².